The second-order valence-electron chi connectivity index (χ2n) is 5.66. The van der Waals surface area contributed by atoms with E-state index in [1.807, 2.05) is 31.3 Å². The molecule has 0 saturated carbocycles. The number of ether oxygens (including phenoxy) is 1. The molecule has 0 unspecified atom stereocenters. The molecule has 1 aromatic rings. The lowest BCUT2D eigenvalue weighted by atomic mass is 10.1. The lowest BCUT2D eigenvalue weighted by molar-refractivity contribution is -0.140. The van der Waals surface area contributed by atoms with Gasteiger partial charge < -0.3 is 15.0 Å². The van der Waals surface area contributed by atoms with Gasteiger partial charge in [0.05, 0.1) is 7.11 Å². The molecule has 0 aliphatic rings. The number of rotatable bonds is 9. The average molecular weight is 482 g/mol. The molecule has 25 heavy (non-hydrogen) atoms. The van der Waals surface area contributed by atoms with Crippen LogP contribution in [0.5, 0.6) is 0 Å². The Labute approximate surface area is 173 Å². The van der Waals surface area contributed by atoms with Crippen molar-refractivity contribution in [1.82, 2.24) is 10.2 Å². The minimum atomic E-state index is -0.130. The molecule has 0 saturated heterocycles. The van der Waals surface area contributed by atoms with Crippen molar-refractivity contribution >= 4 is 47.5 Å². The van der Waals surface area contributed by atoms with Gasteiger partial charge in [-0.2, -0.15) is 0 Å². The van der Waals surface area contributed by atoms with Gasteiger partial charge in [-0.05, 0) is 24.5 Å². The standard InChI is InChI=1S/C18H28ClN3O2.HI/c1-20-18(21-13-9-5-4-6-12-17(23)24-3)22(2)14-15-10-7-8-11-16(15)19;/h7-8,10-11H,4-6,9,12-14H2,1-3H3,(H,20,21);1H. The second kappa shape index (κ2) is 14.2. The number of hydrogen-bond acceptors (Lipinski definition) is 3. The van der Waals surface area contributed by atoms with E-state index in [2.05, 4.69) is 19.9 Å². The van der Waals surface area contributed by atoms with Gasteiger partial charge in [0.25, 0.3) is 0 Å². The van der Waals surface area contributed by atoms with E-state index < -0.39 is 0 Å². The number of guanidine groups is 1. The minimum absolute atomic E-state index is 0. The number of benzene rings is 1. The van der Waals surface area contributed by atoms with Gasteiger partial charge in [0.15, 0.2) is 5.96 Å². The summed E-state index contributed by atoms with van der Waals surface area (Å²) < 4.78 is 4.63. The molecule has 1 N–H and O–H groups in total. The minimum Gasteiger partial charge on any atom is -0.469 e. The molecule has 0 spiro atoms. The van der Waals surface area contributed by atoms with Crippen molar-refractivity contribution in [2.24, 2.45) is 4.99 Å². The molecular weight excluding hydrogens is 453 g/mol. The number of nitrogens with zero attached hydrogens (tertiary/aromatic N) is 2. The molecule has 1 rings (SSSR count). The normalized spacial score (nSPS) is 10.8. The predicted molar refractivity (Wildman–Crippen MR) is 115 cm³/mol. The summed E-state index contributed by atoms with van der Waals surface area (Å²) in [4.78, 5) is 17.4. The summed E-state index contributed by atoms with van der Waals surface area (Å²) in [5.74, 6) is 0.721. The molecule has 0 aromatic heterocycles. The van der Waals surface area contributed by atoms with Gasteiger partial charge in [-0.1, -0.05) is 42.6 Å². The quantitative estimate of drug-likeness (QED) is 0.190. The maximum absolute atomic E-state index is 11.0. The van der Waals surface area contributed by atoms with Crippen LogP contribution in [0.4, 0.5) is 0 Å². The number of methoxy groups -OCH3 is 1. The number of esters is 1. The van der Waals surface area contributed by atoms with Crippen LogP contribution in [-0.2, 0) is 16.1 Å². The lowest BCUT2D eigenvalue weighted by Gasteiger charge is -2.22. The van der Waals surface area contributed by atoms with Gasteiger partial charge in [0.1, 0.15) is 0 Å². The molecule has 0 amide bonds. The summed E-state index contributed by atoms with van der Waals surface area (Å²) in [7, 11) is 5.20. The van der Waals surface area contributed by atoms with Crippen molar-refractivity contribution in [3.05, 3.63) is 34.9 Å². The van der Waals surface area contributed by atoms with Crippen LogP contribution in [0.2, 0.25) is 5.02 Å². The Hall–Kier alpha value is -1.02. The molecule has 0 bridgehead atoms. The number of unbranched alkanes of at least 4 members (excludes halogenated alkanes) is 3. The second-order valence-corrected chi connectivity index (χ2v) is 6.07. The third-order valence-corrected chi connectivity index (χ3v) is 4.13. The fraction of sp³-hybridized carbons (Fsp3) is 0.556. The highest BCUT2D eigenvalue weighted by molar-refractivity contribution is 14.0. The summed E-state index contributed by atoms with van der Waals surface area (Å²) in [5.41, 5.74) is 1.08. The number of hydrogen-bond donors (Lipinski definition) is 1. The summed E-state index contributed by atoms with van der Waals surface area (Å²) in [6, 6.07) is 7.83. The van der Waals surface area contributed by atoms with Crippen molar-refractivity contribution in [3.8, 4) is 0 Å². The van der Waals surface area contributed by atoms with Crippen molar-refractivity contribution < 1.29 is 9.53 Å². The number of halogens is 2. The molecule has 5 nitrogen and oxygen atoms in total. The van der Waals surface area contributed by atoms with Crippen LogP contribution in [0.3, 0.4) is 0 Å². The van der Waals surface area contributed by atoms with Gasteiger partial charge >= 0.3 is 5.97 Å². The zero-order chi connectivity index (χ0) is 17.8. The van der Waals surface area contributed by atoms with E-state index in [0.29, 0.717) is 13.0 Å². The van der Waals surface area contributed by atoms with Gasteiger partial charge in [-0.15, -0.1) is 24.0 Å². The van der Waals surface area contributed by atoms with E-state index in [-0.39, 0.29) is 29.9 Å². The zero-order valence-corrected chi connectivity index (χ0v) is 18.3. The third-order valence-electron chi connectivity index (χ3n) is 3.76. The number of nitrogens with one attached hydrogen (secondary N) is 1. The Kier molecular flexibility index (Phi) is 13.6. The first kappa shape index (κ1) is 24.0. The molecule has 0 fully saturated rings. The third kappa shape index (κ3) is 9.89. The molecule has 0 aliphatic heterocycles. The predicted octanol–water partition coefficient (Wildman–Crippen LogP) is 4.09. The molecule has 7 heteroatoms. The Morgan fingerprint density at radius 3 is 2.56 bits per heavy atom. The fourth-order valence-corrected chi connectivity index (χ4v) is 2.59. The fourth-order valence-electron chi connectivity index (χ4n) is 2.39. The summed E-state index contributed by atoms with van der Waals surface area (Å²) >= 11 is 6.20. The topological polar surface area (TPSA) is 53.9 Å². The molecule has 142 valence electrons. The monoisotopic (exact) mass is 481 g/mol. The van der Waals surface area contributed by atoms with Gasteiger partial charge in [0, 0.05) is 38.6 Å². The maximum atomic E-state index is 11.0. The highest BCUT2D eigenvalue weighted by Gasteiger charge is 2.08. The Bertz CT molecular complexity index is 541. The Morgan fingerprint density at radius 2 is 1.92 bits per heavy atom. The number of carbonyl (C=O) groups is 1. The molecular formula is C18H29ClIN3O2. The smallest absolute Gasteiger partial charge is 0.305 e. The van der Waals surface area contributed by atoms with Crippen LogP contribution in [0.1, 0.15) is 37.7 Å². The van der Waals surface area contributed by atoms with E-state index in [1.165, 1.54) is 7.11 Å². The van der Waals surface area contributed by atoms with Gasteiger partial charge in [-0.25, -0.2) is 0 Å². The van der Waals surface area contributed by atoms with Crippen LogP contribution in [0.15, 0.2) is 29.3 Å². The van der Waals surface area contributed by atoms with Crippen LogP contribution in [-0.4, -0.2) is 44.6 Å². The molecule has 0 aliphatic carbocycles. The first-order valence-corrected chi connectivity index (χ1v) is 8.68. The van der Waals surface area contributed by atoms with Crippen LogP contribution in [0.25, 0.3) is 0 Å². The van der Waals surface area contributed by atoms with E-state index in [0.717, 1.165) is 48.8 Å². The van der Waals surface area contributed by atoms with Crippen molar-refractivity contribution in [1.29, 1.82) is 0 Å². The molecule has 1 aromatic carbocycles. The number of carbonyl (C=O) groups excluding carboxylic acids is 1. The van der Waals surface area contributed by atoms with Crippen LogP contribution in [0, 0.1) is 0 Å². The molecule has 0 atom stereocenters. The van der Waals surface area contributed by atoms with Gasteiger partial charge in [-0.3, -0.25) is 9.79 Å². The van der Waals surface area contributed by atoms with Gasteiger partial charge in [0.2, 0.25) is 0 Å². The van der Waals surface area contributed by atoms with E-state index >= 15 is 0 Å². The molecule has 0 radical (unpaired) electrons. The highest BCUT2D eigenvalue weighted by Crippen LogP contribution is 2.16. The van der Waals surface area contributed by atoms with Crippen LogP contribution < -0.4 is 5.32 Å². The van der Waals surface area contributed by atoms with E-state index in [4.69, 9.17) is 11.6 Å². The van der Waals surface area contributed by atoms with Crippen molar-refractivity contribution in [3.63, 3.8) is 0 Å². The van der Waals surface area contributed by atoms with Crippen molar-refractivity contribution in [2.45, 2.75) is 38.6 Å². The van der Waals surface area contributed by atoms with Crippen LogP contribution >= 0.6 is 35.6 Å². The maximum Gasteiger partial charge on any atom is 0.305 e. The average Bonchev–Trinajstić information content (AvgIpc) is 2.59. The largest absolute Gasteiger partial charge is 0.469 e. The van der Waals surface area contributed by atoms with E-state index in [1.54, 1.807) is 7.05 Å². The summed E-state index contributed by atoms with van der Waals surface area (Å²) in [6.45, 7) is 1.57. The highest BCUT2D eigenvalue weighted by atomic mass is 127. The number of aliphatic imine (C=N–C) groups is 1. The van der Waals surface area contributed by atoms with Crippen molar-refractivity contribution in [2.75, 3.05) is 27.7 Å². The first-order chi connectivity index (χ1) is 11.6. The Balaban J connectivity index is 0.00000576. The summed E-state index contributed by atoms with van der Waals surface area (Å²) in [5, 5.41) is 4.13. The molecule has 0 heterocycles. The van der Waals surface area contributed by atoms with E-state index in [9.17, 15) is 4.79 Å². The first-order valence-electron chi connectivity index (χ1n) is 8.30. The summed E-state index contributed by atoms with van der Waals surface area (Å²) in [6.07, 6.45) is 4.54. The SMILES string of the molecule is CN=C(NCCCCCCC(=O)OC)N(C)Cc1ccccc1Cl.I. The lowest BCUT2D eigenvalue weighted by Crippen LogP contribution is -2.38. The Morgan fingerprint density at radius 1 is 1.24 bits per heavy atom. The zero-order valence-electron chi connectivity index (χ0n) is 15.3.